The molecule has 8 nitrogen and oxygen atoms in total. The van der Waals surface area contributed by atoms with Gasteiger partial charge in [-0.1, -0.05) is 18.2 Å². The number of fused-ring (bicyclic) bond motifs is 2. The van der Waals surface area contributed by atoms with Gasteiger partial charge < -0.3 is 19.1 Å². The van der Waals surface area contributed by atoms with Gasteiger partial charge in [0.05, 0.1) is 11.2 Å². The monoisotopic (exact) mass is 516 g/mol. The molecule has 1 N–H and O–H groups in total. The first-order chi connectivity index (χ1) is 18.4. The summed E-state index contributed by atoms with van der Waals surface area (Å²) in [6.45, 7) is 4.60. The molecule has 0 unspecified atom stereocenters. The Labute approximate surface area is 218 Å². The molecule has 2 aliphatic rings. The molecule has 1 aliphatic carbocycles. The zero-order valence-electron chi connectivity index (χ0n) is 21.0. The molecule has 2 aromatic carbocycles. The fourth-order valence-electron chi connectivity index (χ4n) is 5.64. The van der Waals surface area contributed by atoms with E-state index in [-0.39, 0.29) is 17.0 Å². The van der Waals surface area contributed by atoms with Crippen LogP contribution >= 0.6 is 0 Å². The minimum absolute atomic E-state index is 0.118. The summed E-state index contributed by atoms with van der Waals surface area (Å²) in [6, 6.07) is 11.0. The van der Waals surface area contributed by atoms with Crippen LogP contribution in [0, 0.1) is 5.82 Å². The molecular weight excluding hydrogens is 487 g/mol. The lowest BCUT2D eigenvalue weighted by atomic mass is 10.1. The molecule has 2 aromatic heterocycles. The topological polar surface area (TPSA) is 87.8 Å². The van der Waals surface area contributed by atoms with Crippen molar-refractivity contribution in [2.24, 2.45) is 0 Å². The number of pyridine rings is 1. The lowest BCUT2D eigenvalue weighted by molar-refractivity contribution is 0.0694. The number of hydrogen-bond donors (Lipinski definition) is 1. The number of nitrogens with zero attached hydrogens (tertiary/aromatic N) is 4. The Morgan fingerprint density at radius 1 is 1.00 bits per heavy atom. The van der Waals surface area contributed by atoms with Crippen LogP contribution in [-0.4, -0.2) is 64.1 Å². The molecule has 0 radical (unpaired) electrons. The number of halogens is 1. The van der Waals surface area contributed by atoms with E-state index < -0.39 is 17.2 Å². The SMILES string of the molecule is O=Cc1cn(CCCN2CCN(c3cc4c(cc3F)c(=O)c(C(=O)O)cn4C3CC3)CC2)c2ccccc12. The molecule has 6 rings (SSSR count). The smallest absolute Gasteiger partial charge is 0.341 e. The van der Waals surface area contributed by atoms with E-state index in [1.165, 1.54) is 12.3 Å². The van der Waals surface area contributed by atoms with Crippen molar-refractivity contribution >= 4 is 39.7 Å². The van der Waals surface area contributed by atoms with Crippen LogP contribution in [-0.2, 0) is 6.54 Å². The number of aryl methyl sites for hydroxylation is 1. The number of para-hydroxylation sites is 1. The summed E-state index contributed by atoms with van der Waals surface area (Å²) in [5.41, 5.74) is 1.85. The van der Waals surface area contributed by atoms with Gasteiger partial charge in [-0.2, -0.15) is 0 Å². The molecule has 1 saturated carbocycles. The lowest BCUT2D eigenvalue weighted by Crippen LogP contribution is -2.47. The Bertz CT molecular complexity index is 1610. The first-order valence-corrected chi connectivity index (χ1v) is 13.1. The molecule has 3 heterocycles. The average molecular weight is 517 g/mol. The second-order valence-corrected chi connectivity index (χ2v) is 10.2. The molecule has 0 atom stereocenters. The van der Waals surface area contributed by atoms with Crippen LogP contribution in [0.4, 0.5) is 10.1 Å². The quantitative estimate of drug-likeness (QED) is 0.354. The summed E-state index contributed by atoms with van der Waals surface area (Å²) in [7, 11) is 0. The summed E-state index contributed by atoms with van der Waals surface area (Å²) in [5.74, 6) is -1.79. The van der Waals surface area contributed by atoms with Crippen molar-refractivity contribution in [2.75, 3.05) is 37.6 Å². The highest BCUT2D eigenvalue weighted by Gasteiger charge is 2.28. The maximum absolute atomic E-state index is 15.2. The van der Waals surface area contributed by atoms with Gasteiger partial charge in [-0.15, -0.1) is 0 Å². The van der Waals surface area contributed by atoms with E-state index in [9.17, 15) is 19.5 Å². The molecule has 0 amide bonds. The van der Waals surface area contributed by atoms with Gasteiger partial charge >= 0.3 is 5.97 Å². The molecule has 196 valence electrons. The Morgan fingerprint density at radius 3 is 2.47 bits per heavy atom. The van der Waals surface area contributed by atoms with Crippen molar-refractivity contribution in [1.29, 1.82) is 0 Å². The lowest BCUT2D eigenvalue weighted by Gasteiger charge is -2.36. The largest absolute Gasteiger partial charge is 0.477 e. The van der Waals surface area contributed by atoms with Gasteiger partial charge in [0.2, 0.25) is 5.43 Å². The third-order valence-electron chi connectivity index (χ3n) is 7.80. The number of benzene rings is 2. The second kappa shape index (κ2) is 9.72. The maximum Gasteiger partial charge on any atom is 0.341 e. The third-order valence-corrected chi connectivity index (χ3v) is 7.80. The van der Waals surface area contributed by atoms with Crippen molar-refractivity contribution in [3.8, 4) is 0 Å². The van der Waals surface area contributed by atoms with E-state index in [1.54, 1.807) is 6.07 Å². The molecule has 0 spiro atoms. The molecule has 9 heteroatoms. The summed E-state index contributed by atoms with van der Waals surface area (Å²) in [6.07, 6.45) is 6.99. The van der Waals surface area contributed by atoms with Gasteiger partial charge in [-0.05, 0) is 44.0 Å². The molecular formula is C29H29FN4O4. The Hall–Kier alpha value is -3.98. The van der Waals surface area contributed by atoms with Crippen molar-refractivity contribution in [2.45, 2.75) is 31.8 Å². The van der Waals surface area contributed by atoms with Gasteiger partial charge in [0.1, 0.15) is 11.4 Å². The molecule has 38 heavy (non-hydrogen) atoms. The normalized spacial score (nSPS) is 16.4. The van der Waals surface area contributed by atoms with E-state index >= 15 is 4.39 Å². The minimum Gasteiger partial charge on any atom is -0.477 e. The van der Waals surface area contributed by atoms with Crippen LogP contribution in [0.15, 0.2) is 53.6 Å². The summed E-state index contributed by atoms with van der Waals surface area (Å²) >= 11 is 0. The van der Waals surface area contributed by atoms with Crippen molar-refractivity contribution in [1.82, 2.24) is 14.0 Å². The predicted octanol–water partition coefficient (Wildman–Crippen LogP) is 4.15. The third kappa shape index (κ3) is 4.36. The van der Waals surface area contributed by atoms with E-state index in [2.05, 4.69) is 9.47 Å². The number of aldehydes is 1. The van der Waals surface area contributed by atoms with Gasteiger partial charge in [0, 0.05) is 73.0 Å². The van der Waals surface area contributed by atoms with Gasteiger partial charge in [-0.3, -0.25) is 14.5 Å². The van der Waals surface area contributed by atoms with Crippen LogP contribution in [0.2, 0.25) is 0 Å². The van der Waals surface area contributed by atoms with E-state index in [1.807, 2.05) is 39.9 Å². The summed E-state index contributed by atoms with van der Waals surface area (Å²) in [5, 5.41) is 10.5. The zero-order chi connectivity index (χ0) is 26.4. The number of anilines is 1. The number of hydrogen-bond acceptors (Lipinski definition) is 5. The maximum atomic E-state index is 15.2. The number of carbonyl (C=O) groups excluding carboxylic acids is 1. The molecule has 0 bridgehead atoms. The van der Waals surface area contributed by atoms with Crippen LogP contribution in [0.25, 0.3) is 21.8 Å². The Kier molecular flexibility index (Phi) is 6.23. The highest BCUT2D eigenvalue weighted by Crippen LogP contribution is 2.38. The van der Waals surface area contributed by atoms with E-state index in [4.69, 9.17) is 0 Å². The van der Waals surface area contributed by atoms with Crippen LogP contribution in [0.3, 0.4) is 0 Å². The number of rotatable bonds is 8. The Morgan fingerprint density at radius 2 is 1.76 bits per heavy atom. The minimum atomic E-state index is -1.29. The van der Waals surface area contributed by atoms with Crippen molar-refractivity contribution < 1.29 is 19.1 Å². The first kappa shape index (κ1) is 24.4. The Balaban J connectivity index is 1.14. The summed E-state index contributed by atoms with van der Waals surface area (Å²) in [4.78, 5) is 40.1. The highest BCUT2D eigenvalue weighted by atomic mass is 19.1. The number of aromatic carboxylic acids is 1. The first-order valence-electron chi connectivity index (χ1n) is 13.1. The average Bonchev–Trinajstić information content (AvgIpc) is 3.71. The predicted molar refractivity (Wildman–Crippen MR) is 144 cm³/mol. The number of carbonyl (C=O) groups is 2. The number of aromatic nitrogens is 2. The van der Waals surface area contributed by atoms with E-state index in [0.717, 1.165) is 62.6 Å². The molecule has 4 aromatic rings. The fraction of sp³-hybridized carbons (Fsp3) is 0.345. The standard InChI is InChI=1S/C29H29FN4O4/c30-24-14-22-26(34(20-6-7-20)17-23(28(22)36)29(37)38)15-27(24)32-12-10-31(11-13-32)8-3-9-33-16-19(18-35)21-4-1-2-5-25(21)33/h1-2,4-5,14-18,20H,3,6-13H2,(H,37,38). The highest BCUT2D eigenvalue weighted by molar-refractivity contribution is 5.97. The van der Waals surface area contributed by atoms with Crippen LogP contribution in [0.1, 0.15) is 46.0 Å². The van der Waals surface area contributed by atoms with Crippen LogP contribution in [0.5, 0.6) is 0 Å². The zero-order valence-corrected chi connectivity index (χ0v) is 21.0. The van der Waals surface area contributed by atoms with Gasteiger partial charge in [0.15, 0.2) is 6.29 Å². The van der Waals surface area contributed by atoms with Crippen LogP contribution < -0.4 is 10.3 Å². The molecule has 1 saturated heterocycles. The molecule has 2 fully saturated rings. The van der Waals surface area contributed by atoms with E-state index in [0.29, 0.717) is 29.9 Å². The number of carboxylic acid groups (broad SMARTS) is 1. The van der Waals surface area contributed by atoms with Gasteiger partial charge in [0.25, 0.3) is 0 Å². The second-order valence-electron chi connectivity index (χ2n) is 10.2. The summed E-state index contributed by atoms with van der Waals surface area (Å²) < 4.78 is 19.2. The molecule has 1 aliphatic heterocycles. The number of carboxylic acids is 1. The van der Waals surface area contributed by atoms with Crippen molar-refractivity contribution in [3.05, 3.63) is 76.0 Å². The van der Waals surface area contributed by atoms with Gasteiger partial charge in [-0.25, -0.2) is 9.18 Å². The van der Waals surface area contributed by atoms with Crippen molar-refractivity contribution in [3.63, 3.8) is 0 Å². The fourth-order valence-corrected chi connectivity index (χ4v) is 5.64. The number of piperazine rings is 1.